The zero-order valence-corrected chi connectivity index (χ0v) is 18.2. The normalized spacial score (nSPS) is 48.4. The van der Waals surface area contributed by atoms with Crippen LogP contribution in [0.2, 0.25) is 0 Å². The van der Waals surface area contributed by atoms with E-state index in [1.807, 2.05) is 0 Å². The van der Waals surface area contributed by atoms with E-state index in [4.69, 9.17) is 14.2 Å². The highest BCUT2D eigenvalue weighted by Crippen LogP contribution is 2.74. The third-order valence-electron chi connectivity index (χ3n) is 9.42. The molecule has 30 heavy (non-hydrogen) atoms. The van der Waals surface area contributed by atoms with Crippen molar-refractivity contribution in [3.63, 3.8) is 0 Å². The van der Waals surface area contributed by atoms with Crippen molar-refractivity contribution in [3.8, 4) is 0 Å². The molecule has 0 aromatic carbocycles. The van der Waals surface area contributed by atoms with E-state index >= 15 is 0 Å². The Balaban J connectivity index is 1.65. The molecule has 5 saturated carbocycles. The van der Waals surface area contributed by atoms with E-state index in [-0.39, 0.29) is 41.3 Å². The van der Waals surface area contributed by atoms with Gasteiger partial charge in [0.25, 0.3) is 0 Å². The van der Waals surface area contributed by atoms with Crippen LogP contribution in [0.15, 0.2) is 12.2 Å². The molecule has 6 nitrogen and oxygen atoms in total. The van der Waals surface area contributed by atoms with Crippen LogP contribution in [-0.2, 0) is 28.6 Å². The maximum absolute atomic E-state index is 13.4. The predicted molar refractivity (Wildman–Crippen MR) is 107 cm³/mol. The minimum atomic E-state index is -0.836. The van der Waals surface area contributed by atoms with Gasteiger partial charge >= 0.3 is 17.9 Å². The fraction of sp³-hybridized carbons (Fsp3) is 0.792. The molecule has 0 aromatic heterocycles. The second-order valence-corrected chi connectivity index (χ2v) is 10.8. The molecule has 1 heterocycles. The third kappa shape index (κ3) is 2.39. The lowest BCUT2D eigenvalue weighted by molar-refractivity contribution is -0.250. The van der Waals surface area contributed by atoms with E-state index in [0.717, 1.165) is 38.5 Å². The fourth-order valence-electron chi connectivity index (χ4n) is 8.49. The number of hydrogen-bond acceptors (Lipinski definition) is 6. The van der Waals surface area contributed by atoms with E-state index in [2.05, 4.69) is 13.5 Å². The van der Waals surface area contributed by atoms with E-state index in [0.29, 0.717) is 18.3 Å². The molecule has 1 saturated heterocycles. The van der Waals surface area contributed by atoms with Crippen LogP contribution in [0.3, 0.4) is 0 Å². The Kier molecular flexibility index (Phi) is 4.24. The van der Waals surface area contributed by atoms with Crippen LogP contribution in [0.5, 0.6) is 0 Å². The maximum atomic E-state index is 13.4. The van der Waals surface area contributed by atoms with E-state index in [1.54, 1.807) is 0 Å². The number of ether oxygens (including phenoxy) is 3. The van der Waals surface area contributed by atoms with E-state index in [9.17, 15) is 14.4 Å². The predicted octanol–water partition coefficient (Wildman–Crippen LogP) is 3.58. The molecular formula is C24H32O6. The van der Waals surface area contributed by atoms with Gasteiger partial charge in [-0.25, -0.2) is 0 Å². The summed E-state index contributed by atoms with van der Waals surface area (Å²) in [5.41, 5.74) is 0.0770. The number of allylic oxidation sites excluding steroid dienone is 1. The van der Waals surface area contributed by atoms with Crippen molar-refractivity contribution in [1.82, 2.24) is 0 Å². The van der Waals surface area contributed by atoms with Gasteiger partial charge in [-0.15, -0.1) is 0 Å². The van der Waals surface area contributed by atoms with Gasteiger partial charge in [0.1, 0.15) is 24.2 Å². The van der Waals surface area contributed by atoms with Crippen molar-refractivity contribution in [2.45, 2.75) is 77.9 Å². The second-order valence-electron chi connectivity index (χ2n) is 10.8. The van der Waals surface area contributed by atoms with Crippen molar-refractivity contribution in [1.29, 1.82) is 0 Å². The summed E-state index contributed by atoms with van der Waals surface area (Å²) in [6.07, 6.45) is 5.55. The highest BCUT2D eigenvalue weighted by atomic mass is 16.6. The molecule has 5 aliphatic carbocycles. The first-order valence-corrected chi connectivity index (χ1v) is 11.3. The molecule has 164 valence electrons. The largest absolute Gasteiger partial charge is 0.465 e. The first-order chi connectivity index (χ1) is 14.1. The highest BCUT2D eigenvalue weighted by Gasteiger charge is 2.77. The van der Waals surface area contributed by atoms with Gasteiger partial charge in [0, 0.05) is 25.2 Å². The van der Waals surface area contributed by atoms with Crippen LogP contribution >= 0.6 is 0 Å². The van der Waals surface area contributed by atoms with Gasteiger partial charge in [-0.05, 0) is 55.8 Å². The first kappa shape index (κ1) is 20.1. The standard InChI is InChI=1S/C24H32O6/c1-13-11-23-9-6-16(13)10-17(23)22(4)7-5-8-24(12-28-14(2)25)19(22)18(30-21(24)27)20(23)29-15(3)26/h16-20H,1,5-12H2,2-4H3/t16-,17-,18+,19+,20-,22-,23+,24-/m0/s1. The van der Waals surface area contributed by atoms with Crippen LogP contribution in [0.4, 0.5) is 0 Å². The lowest BCUT2D eigenvalue weighted by atomic mass is 9.36. The number of hydrogen-bond donors (Lipinski definition) is 0. The molecule has 1 aliphatic heterocycles. The summed E-state index contributed by atoms with van der Waals surface area (Å²) >= 11 is 0. The van der Waals surface area contributed by atoms with Gasteiger partial charge in [0.2, 0.25) is 0 Å². The van der Waals surface area contributed by atoms with Crippen LogP contribution in [0, 0.1) is 34.0 Å². The maximum Gasteiger partial charge on any atom is 0.316 e. The summed E-state index contributed by atoms with van der Waals surface area (Å²) in [5.74, 6) is -0.273. The monoisotopic (exact) mass is 416 g/mol. The summed E-state index contributed by atoms with van der Waals surface area (Å²) in [6, 6.07) is 0. The van der Waals surface area contributed by atoms with Crippen LogP contribution < -0.4 is 0 Å². The molecule has 0 N–H and O–H groups in total. The zero-order chi connectivity index (χ0) is 21.5. The molecule has 8 atom stereocenters. The van der Waals surface area contributed by atoms with E-state index in [1.165, 1.54) is 19.4 Å². The van der Waals surface area contributed by atoms with Crippen molar-refractivity contribution in [2.24, 2.45) is 34.0 Å². The van der Waals surface area contributed by atoms with Gasteiger partial charge in [-0.1, -0.05) is 25.5 Å². The number of carbonyl (C=O) groups excluding carboxylic acids is 3. The van der Waals surface area contributed by atoms with Crippen molar-refractivity contribution >= 4 is 17.9 Å². The molecule has 0 unspecified atom stereocenters. The molecule has 0 amide bonds. The first-order valence-electron chi connectivity index (χ1n) is 11.3. The lowest BCUT2D eigenvalue weighted by Crippen LogP contribution is -2.69. The molecule has 2 bridgehead atoms. The summed E-state index contributed by atoms with van der Waals surface area (Å²) in [6.45, 7) is 9.54. The van der Waals surface area contributed by atoms with Gasteiger partial charge < -0.3 is 14.2 Å². The highest BCUT2D eigenvalue weighted by molar-refractivity contribution is 5.81. The summed E-state index contributed by atoms with van der Waals surface area (Å²) in [5, 5.41) is 0. The zero-order valence-electron chi connectivity index (χ0n) is 18.2. The van der Waals surface area contributed by atoms with Crippen LogP contribution in [0.1, 0.15) is 65.7 Å². The Morgan fingerprint density at radius 1 is 1.20 bits per heavy atom. The van der Waals surface area contributed by atoms with Gasteiger partial charge in [0.05, 0.1) is 0 Å². The van der Waals surface area contributed by atoms with Crippen molar-refractivity contribution < 1.29 is 28.6 Å². The SMILES string of the molecule is C=C1C[C@]23CC[C@H]1C[C@H]2[C@]1(C)CCC[C@@]2(COC(C)=O)C(=O)O[C@H]([C@@H]21)[C@@H]3OC(C)=O. The van der Waals surface area contributed by atoms with Crippen LogP contribution in [-0.4, -0.2) is 36.7 Å². The second kappa shape index (κ2) is 6.33. The van der Waals surface area contributed by atoms with Gasteiger partial charge in [-0.3, -0.25) is 14.4 Å². The Labute approximate surface area is 177 Å². The summed E-state index contributed by atoms with van der Waals surface area (Å²) < 4.78 is 17.5. The Morgan fingerprint density at radius 3 is 2.63 bits per heavy atom. The van der Waals surface area contributed by atoms with Gasteiger partial charge in [-0.2, -0.15) is 0 Å². The molecule has 6 rings (SSSR count). The number of esters is 3. The Morgan fingerprint density at radius 2 is 1.97 bits per heavy atom. The molecule has 6 heteroatoms. The summed E-state index contributed by atoms with van der Waals surface area (Å²) in [4.78, 5) is 37.2. The quantitative estimate of drug-likeness (QED) is 0.398. The molecule has 6 aliphatic rings. The average molecular weight is 417 g/mol. The third-order valence-corrected chi connectivity index (χ3v) is 9.42. The molecule has 1 spiro atoms. The molecule has 0 aromatic rings. The number of carbonyl (C=O) groups is 3. The smallest absolute Gasteiger partial charge is 0.316 e. The molecule has 0 radical (unpaired) electrons. The number of fused-ring (bicyclic) bond motifs is 2. The Hall–Kier alpha value is -1.85. The van der Waals surface area contributed by atoms with Crippen molar-refractivity contribution in [3.05, 3.63) is 12.2 Å². The fourth-order valence-corrected chi connectivity index (χ4v) is 8.49. The minimum absolute atomic E-state index is 0.0561. The van der Waals surface area contributed by atoms with Gasteiger partial charge in [0.15, 0.2) is 0 Å². The topological polar surface area (TPSA) is 78.9 Å². The Bertz CT molecular complexity index is 834. The molecule has 6 fully saturated rings. The van der Waals surface area contributed by atoms with Crippen LogP contribution in [0.25, 0.3) is 0 Å². The minimum Gasteiger partial charge on any atom is -0.465 e. The lowest BCUT2D eigenvalue weighted by Gasteiger charge is -2.68. The van der Waals surface area contributed by atoms with Crippen molar-refractivity contribution in [2.75, 3.05) is 6.61 Å². The number of rotatable bonds is 3. The average Bonchev–Trinajstić information content (AvgIpc) is 2.98. The van der Waals surface area contributed by atoms with E-state index < -0.39 is 17.6 Å². The molecular weight excluding hydrogens is 384 g/mol. The summed E-state index contributed by atoms with van der Waals surface area (Å²) in [7, 11) is 0.